The van der Waals surface area contributed by atoms with E-state index >= 15 is 0 Å². The number of hydrogen-bond acceptors (Lipinski definition) is 4. The van der Waals surface area contributed by atoms with Gasteiger partial charge in [0.1, 0.15) is 5.75 Å². The Morgan fingerprint density at radius 2 is 1.69 bits per heavy atom. The number of amides is 3. The molecule has 0 saturated carbocycles. The van der Waals surface area contributed by atoms with Crippen LogP contribution in [-0.4, -0.2) is 31.4 Å². The van der Waals surface area contributed by atoms with E-state index in [0.29, 0.717) is 29.8 Å². The van der Waals surface area contributed by atoms with Crippen LogP contribution >= 0.6 is 0 Å². The fraction of sp³-hybridized carbons (Fsp3) is 0.192. The van der Waals surface area contributed by atoms with Gasteiger partial charge in [-0.25, -0.2) is 4.90 Å². The molecule has 0 unspecified atom stereocenters. The number of ether oxygens (including phenoxy) is 1. The summed E-state index contributed by atoms with van der Waals surface area (Å²) >= 11 is 0. The van der Waals surface area contributed by atoms with Crippen molar-refractivity contribution < 1.29 is 19.1 Å². The van der Waals surface area contributed by atoms with E-state index in [1.165, 1.54) is 11.0 Å². The normalized spacial score (nSPS) is 12.7. The molecule has 6 nitrogen and oxygen atoms in total. The summed E-state index contributed by atoms with van der Waals surface area (Å²) in [5.41, 5.74) is 4.24. The van der Waals surface area contributed by atoms with Gasteiger partial charge in [0.15, 0.2) is 0 Å². The first-order valence-corrected chi connectivity index (χ1v) is 10.4. The third-order valence-electron chi connectivity index (χ3n) is 5.63. The van der Waals surface area contributed by atoms with E-state index in [-0.39, 0.29) is 17.4 Å². The van der Waals surface area contributed by atoms with Crippen LogP contribution < -0.4 is 15.0 Å². The van der Waals surface area contributed by atoms with Gasteiger partial charge in [-0.3, -0.25) is 14.4 Å². The van der Waals surface area contributed by atoms with E-state index < -0.39 is 5.91 Å². The summed E-state index contributed by atoms with van der Waals surface area (Å²) in [5.74, 6) is -0.313. The lowest BCUT2D eigenvalue weighted by Crippen LogP contribution is -2.30. The number of nitrogens with one attached hydrogen (secondary N) is 1. The van der Waals surface area contributed by atoms with Crippen LogP contribution in [0.15, 0.2) is 60.7 Å². The Labute approximate surface area is 186 Å². The van der Waals surface area contributed by atoms with E-state index in [0.717, 1.165) is 22.4 Å². The number of nitrogens with zero attached hydrogens (tertiary/aromatic N) is 1. The van der Waals surface area contributed by atoms with Crippen LogP contribution in [0.2, 0.25) is 0 Å². The van der Waals surface area contributed by atoms with Gasteiger partial charge in [-0.15, -0.1) is 0 Å². The van der Waals surface area contributed by atoms with Gasteiger partial charge in [-0.2, -0.15) is 0 Å². The Morgan fingerprint density at radius 3 is 2.47 bits per heavy atom. The highest BCUT2D eigenvalue weighted by Gasteiger charge is 2.37. The second kappa shape index (κ2) is 8.67. The highest BCUT2D eigenvalue weighted by molar-refractivity contribution is 6.35. The molecule has 0 radical (unpaired) electrons. The van der Waals surface area contributed by atoms with Crippen LogP contribution in [0, 0.1) is 13.8 Å². The number of fused-ring (bicyclic) bond motifs is 1. The number of methoxy groups -OCH3 is 1. The number of carbonyl (C=O) groups excluding carboxylic acids is 3. The Morgan fingerprint density at radius 1 is 0.938 bits per heavy atom. The van der Waals surface area contributed by atoms with Gasteiger partial charge < -0.3 is 10.1 Å². The molecular weight excluding hydrogens is 404 g/mol. The molecule has 1 N–H and O–H groups in total. The van der Waals surface area contributed by atoms with Gasteiger partial charge >= 0.3 is 0 Å². The number of aryl methyl sites for hydroxylation is 2. The van der Waals surface area contributed by atoms with Gasteiger partial charge in [-0.05, 0) is 67.3 Å². The standard InChI is InChI=1S/C26H24N2O4/c1-16-8-9-17(2)22(14-16)28-25(30)20-11-10-19(15-21(20)26(28)31)24(29)27-13-12-18-6-4-5-7-23(18)32-3/h4-11,14-15H,12-13H2,1-3H3,(H,27,29). The van der Waals surface area contributed by atoms with Crippen LogP contribution in [0.5, 0.6) is 5.75 Å². The number of para-hydroxylation sites is 1. The molecule has 162 valence electrons. The summed E-state index contributed by atoms with van der Waals surface area (Å²) in [4.78, 5) is 39.9. The fourth-order valence-electron chi connectivity index (χ4n) is 3.88. The summed E-state index contributed by atoms with van der Waals surface area (Å²) < 4.78 is 5.34. The molecule has 0 fully saturated rings. The van der Waals surface area contributed by atoms with Crippen molar-refractivity contribution in [2.24, 2.45) is 0 Å². The molecular formula is C26H24N2O4. The largest absolute Gasteiger partial charge is 0.496 e. The van der Waals surface area contributed by atoms with E-state index in [9.17, 15) is 14.4 Å². The molecule has 1 heterocycles. The maximum absolute atomic E-state index is 13.1. The van der Waals surface area contributed by atoms with Gasteiger partial charge in [0, 0.05) is 12.1 Å². The van der Waals surface area contributed by atoms with Crippen molar-refractivity contribution in [3.8, 4) is 5.75 Å². The minimum absolute atomic E-state index is 0.244. The topological polar surface area (TPSA) is 75.7 Å². The molecule has 6 heteroatoms. The minimum Gasteiger partial charge on any atom is -0.496 e. The molecule has 0 saturated heterocycles. The fourth-order valence-corrected chi connectivity index (χ4v) is 3.88. The van der Waals surface area contributed by atoms with Crippen LogP contribution in [0.25, 0.3) is 0 Å². The average molecular weight is 428 g/mol. The molecule has 0 aromatic heterocycles. The molecule has 0 atom stereocenters. The molecule has 1 aliphatic rings. The monoisotopic (exact) mass is 428 g/mol. The van der Waals surface area contributed by atoms with E-state index in [1.54, 1.807) is 19.2 Å². The number of carbonyl (C=O) groups is 3. The summed E-state index contributed by atoms with van der Waals surface area (Å²) in [7, 11) is 1.61. The van der Waals surface area contributed by atoms with Crippen molar-refractivity contribution in [2.45, 2.75) is 20.3 Å². The maximum atomic E-state index is 13.1. The second-order valence-corrected chi connectivity index (χ2v) is 7.81. The summed E-state index contributed by atoms with van der Waals surface area (Å²) in [5, 5.41) is 2.87. The molecule has 4 rings (SSSR count). The minimum atomic E-state index is -0.414. The summed E-state index contributed by atoms with van der Waals surface area (Å²) in [6.07, 6.45) is 0.610. The first-order valence-electron chi connectivity index (χ1n) is 10.4. The molecule has 0 spiro atoms. The molecule has 3 aromatic carbocycles. The number of anilines is 1. The van der Waals surface area contributed by atoms with Crippen molar-refractivity contribution in [3.63, 3.8) is 0 Å². The lowest BCUT2D eigenvalue weighted by atomic mass is 10.1. The van der Waals surface area contributed by atoms with Crippen LogP contribution in [-0.2, 0) is 6.42 Å². The lowest BCUT2D eigenvalue weighted by molar-refractivity contribution is 0.0923. The molecule has 0 bridgehead atoms. The van der Waals surface area contributed by atoms with E-state index in [2.05, 4.69) is 5.32 Å². The zero-order chi connectivity index (χ0) is 22.8. The van der Waals surface area contributed by atoms with E-state index in [4.69, 9.17) is 4.74 Å². The maximum Gasteiger partial charge on any atom is 0.266 e. The van der Waals surface area contributed by atoms with Crippen LogP contribution in [0.4, 0.5) is 5.69 Å². The quantitative estimate of drug-likeness (QED) is 0.600. The molecule has 32 heavy (non-hydrogen) atoms. The molecule has 3 amide bonds. The SMILES string of the molecule is COc1ccccc1CCNC(=O)c1ccc2c(c1)C(=O)N(c1cc(C)ccc1C)C2=O. The summed E-state index contributed by atoms with van der Waals surface area (Å²) in [6, 6.07) is 17.9. The molecule has 1 aliphatic heterocycles. The van der Waals surface area contributed by atoms with Gasteiger partial charge in [-0.1, -0.05) is 30.3 Å². The van der Waals surface area contributed by atoms with Crippen LogP contribution in [0.1, 0.15) is 47.8 Å². The highest BCUT2D eigenvalue weighted by atomic mass is 16.5. The lowest BCUT2D eigenvalue weighted by Gasteiger charge is -2.17. The third kappa shape index (κ3) is 3.87. The zero-order valence-electron chi connectivity index (χ0n) is 18.3. The average Bonchev–Trinajstić information content (AvgIpc) is 3.05. The predicted octanol–water partition coefficient (Wildman–Crippen LogP) is 4.09. The smallest absolute Gasteiger partial charge is 0.266 e. The highest BCUT2D eigenvalue weighted by Crippen LogP contribution is 2.31. The first-order chi connectivity index (χ1) is 15.4. The van der Waals surface area contributed by atoms with E-state index in [1.807, 2.05) is 56.3 Å². The summed E-state index contributed by atoms with van der Waals surface area (Å²) in [6.45, 7) is 4.19. The Kier molecular flexibility index (Phi) is 5.77. The second-order valence-electron chi connectivity index (χ2n) is 7.81. The van der Waals surface area contributed by atoms with Crippen molar-refractivity contribution in [3.05, 3.63) is 94.0 Å². The Bertz CT molecular complexity index is 1230. The van der Waals surface area contributed by atoms with Crippen molar-refractivity contribution in [2.75, 3.05) is 18.6 Å². The third-order valence-corrected chi connectivity index (χ3v) is 5.63. The number of hydrogen-bond donors (Lipinski definition) is 1. The molecule has 0 aliphatic carbocycles. The number of benzene rings is 3. The zero-order valence-corrected chi connectivity index (χ0v) is 18.3. The Balaban J connectivity index is 1.51. The number of rotatable bonds is 6. The predicted molar refractivity (Wildman–Crippen MR) is 123 cm³/mol. The van der Waals surface area contributed by atoms with Crippen molar-refractivity contribution >= 4 is 23.4 Å². The van der Waals surface area contributed by atoms with Gasteiger partial charge in [0.05, 0.1) is 23.9 Å². The van der Waals surface area contributed by atoms with Crippen molar-refractivity contribution in [1.29, 1.82) is 0 Å². The van der Waals surface area contributed by atoms with Crippen LogP contribution in [0.3, 0.4) is 0 Å². The number of imide groups is 1. The first kappa shape index (κ1) is 21.3. The van der Waals surface area contributed by atoms with Gasteiger partial charge in [0.2, 0.25) is 0 Å². The Hall–Kier alpha value is -3.93. The van der Waals surface area contributed by atoms with Gasteiger partial charge in [0.25, 0.3) is 17.7 Å². The molecule has 3 aromatic rings. The van der Waals surface area contributed by atoms with Crippen molar-refractivity contribution in [1.82, 2.24) is 5.32 Å².